The molecule has 0 spiro atoms. The second kappa shape index (κ2) is 3.97. The summed E-state index contributed by atoms with van der Waals surface area (Å²) < 4.78 is 24.2. The van der Waals surface area contributed by atoms with Gasteiger partial charge in [0.05, 0.1) is 12.6 Å². The average molecular weight is 227 g/mol. The smallest absolute Gasteiger partial charge is 0.296 e. The molecule has 1 aromatic rings. The predicted octanol–water partition coefficient (Wildman–Crippen LogP) is 2.67. The molecule has 4 nitrogen and oxygen atoms in total. The number of para-hydroxylation sites is 1. The highest BCUT2D eigenvalue weighted by molar-refractivity contribution is 7.56. The molecule has 0 saturated carbocycles. The molecule has 0 radical (unpaired) electrons. The van der Waals surface area contributed by atoms with Crippen molar-refractivity contribution < 1.29 is 13.6 Å². The van der Waals surface area contributed by atoms with Gasteiger partial charge in [0.1, 0.15) is 0 Å². The van der Waals surface area contributed by atoms with Crippen LogP contribution in [0, 0.1) is 0 Å². The van der Waals surface area contributed by atoms with Crippen LogP contribution in [0.25, 0.3) is 0 Å². The summed E-state index contributed by atoms with van der Waals surface area (Å²) in [6.07, 6.45) is -0.0732. The third kappa shape index (κ3) is 1.93. The van der Waals surface area contributed by atoms with Gasteiger partial charge in [0.15, 0.2) is 0 Å². The first kappa shape index (κ1) is 10.7. The predicted molar refractivity (Wildman–Crippen MR) is 59.0 cm³/mol. The summed E-state index contributed by atoms with van der Waals surface area (Å²) in [6, 6.07) is 9.51. The Bertz CT molecular complexity index is 382. The van der Waals surface area contributed by atoms with Crippen LogP contribution >= 0.6 is 7.75 Å². The second-order valence-electron chi connectivity index (χ2n) is 3.48. The summed E-state index contributed by atoms with van der Waals surface area (Å²) in [7, 11) is -1.69. The minimum atomic E-state index is -3.11. The van der Waals surface area contributed by atoms with Crippen LogP contribution in [0.5, 0.6) is 0 Å². The summed E-state index contributed by atoms with van der Waals surface area (Å²) in [5.74, 6) is 0. The molecule has 1 fully saturated rings. The van der Waals surface area contributed by atoms with Crippen LogP contribution in [0.3, 0.4) is 0 Å². The van der Waals surface area contributed by atoms with Crippen molar-refractivity contribution in [2.75, 3.05) is 18.3 Å². The van der Waals surface area contributed by atoms with Crippen molar-refractivity contribution in [3.05, 3.63) is 30.3 Å². The Morgan fingerprint density at radius 1 is 1.47 bits per heavy atom. The van der Waals surface area contributed by atoms with E-state index < -0.39 is 7.75 Å². The van der Waals surface area contributed by atoms with Crippen LogP contribution in [0.4, 0.5) is 5.69 Å². The molecule has 15 heavy (non-hydrogen) atoms. The number of nitrogens with zero attached hydrogens (tertiary/aromatic N) is 1. The molecule has 1 saturated heterocycles. The first-order valence-corrected chi connectivity index (χ1v) is 6.32. The molecule has 0 bridgehead atoms. The van der Waals surface area contributed by atoms with E-state index in [9.17, 15) is 4.57 Å². The van der Waals surface area contributed by atoms with Gasteiger partial charge in [-0.25, -0.2) is 4.57 Å². The lowest BCUT2D eigenvalue weighted by Crippen LogP contribution is -2.17. The van der Waals surface area contributed by atoms with Crippen molar-refractivity contribution in [3.63, 3.8) is 0 Å². The Morgan fingerprint density at radius 3 is 2.73 bits per heavy atom. The highest BCUT2D eigenvalue weighted by Crippen LogP contribution is 2.58. The highest BCUT2D eigenvalue weighted by atomic mass is 31.2. The van der Waals surface area contributed by atoms with Gasteiger partial charge in [0, 0.05) is 12.8 Å². The van der Waals surface area contributed by atoms with Crippen LogP contribution < -0.4 is 4.67 Å². The van der Waals surface area contributed by atoms with Gasteiger partial charge in [0.25, 0.3) is 0 Å². The van der Waals surface area contributed by atoms with E-state index in [2.05, 4.69) is 0 Å². The molecule has 2 rings (SSSR count). The number of benzene rings is 1. The van der Waals surface area contributed by atoms with E-state index in [1.165, 1.54) is 7.11 Å². The first-order chi connectivity index (χ1) is 7.15. The lowest BCUT2D eigenvalue weighted by molar-refractivity contribution is 0.213. The summed E-state index contributed by atoms with van der Waals surface area (Å²) >= 11 is 0. The van der Waals surface area contributed by atoms with Crippen LogP contribution in [-0.2, 0) is 13.6 Å². The zero-order valence-electron chi connectivity index (χ0n) is 8.79. The molecule has 1 aliphatic heterocycles. The zero-order valence-corrected chi connectivity index (χ0v) is 9.68. The van der Waals surface area contributed by atoms with Crippen molar-refractivity contribution in [2.24, 2.45) is 0 Å². The fourth-order valence-electron chi connectivity index (χ4n) is 1.65. The Balaban J connectivity index is 2.33. The number of anilines is 1. The van der Waals surface area contributed by atoms with Gasteiger partial charge >= 0.3 is 7.75 Å². The minimum absolute atomic E-state index is 0.0732. The lowest BCUT2D eigenvalue weighted by Gasteiger charge is -2.21. The number of rotatable bonds is 2. The van der Waals surface area contributed by atoms with Gasteiger partial charge in [-0.2, -0.15) is 0 Å². The van der Waals surface area contributed by atoms with E-state index in [1.807, 2.05) is 37.3 Å². The zero-order chi connectivity index (χ0) is 10.9. The normalized spacial score (nSPS) is 30.8. The van der Waals surface area contributed by atoms with Crippen molar-refractivity contribution in [2.45, 2.75) is 13.0 Å². The largest absolute Gasteiger partial charge is 0.435 e. The lowest BCUT2D eigenvalue weighted by atomic mass is 10.3. The average Bonchev–Trinajstić information content (AvgIpc) is 2.56. The van der Waals surface area contributed by atoms with Crippen LogP contribution in [0.15, 0.2) is 30.3 Å². The summed E-state index contributed by atoms with van der Waals surface area (Å²) in [5, 5.41) is 0. The van der Waals surface area contributed by atoms with Gasteiger partial charge in [-0.3, -0.25) is 13.7 Å². The topological polar surface area (TPSA) is 38.8 Å². The van der Waals surface area contributed by atoms with Crippen LogP contribution in [-0.4, -0.2) is 19.8 Å². The molecule has 1 aromatic carbocycles. The van der Waals surface area contributed by atoms with Gasteiger partial charge in [-0.15, -0.1) is 0 Å². The molecule has 0 aromatic heterocycles. The van der Waals surface area contributed by atoms with E-state index in [1.54, 1.807) is 4.67 Å². The number of hydrogen-bond donors (Lipinski definition) is 0. The second-order valence-corrected chi connectivity index (χ2v) is 5.48. The summed E-state index contributed by atoms with van der Waals surface area (Å²) in [5.41, 5.74) is 0.868. The van der Waals surface area contributed by atoms with E-state index in [-0.39, 0.29) is 6.10 Å². The molecular formula is C10H14NO3P. The quantitative estimate of drug-likeness (QED) is 0.728. The maximum Gasteiger partial charge on any atom is 0.435 e. The Kier molecular flexibility index (Phi) is 2.83. The molecule has 0 aliphatic carbocycles. The Labute approximate surface area is 89.4 Å². The van der Waals surface area contributed by atoms with Crippen LogP contribution in [0.1, 0.15) is 6.92 Å². The maximum atomic E-state index is 12.2. The van der Waals surface area contributed by atoms with Gasteiger partial charge < -0.3 is 0 Å². The molecule has 1 aliphatic rings. The van der Waals surface area contributed by atoms with Crippen molar-refractivity contribution in [1.82, 2.24) is 0 Å². The number of hydrogen-bond acceptors (Lipinski definition) is 3. The third-order valence-electron chi connectivity index (χ3n) is 2.32. The van der Waals surface area contributed by atoms with E-state index in [4.69, 9.17) is 9.05 Å². The van der Waals surface area contributed by atoms with E-state index in [0.29, 0.717) is 6.54 Å². The third-order valence-corrected chi connectivity index (χ3v) is 4.40. The molecule has 2 atom stereocenters. The first-order valence-electron chi connectivity index (χ1n) is 4.83. The van der Waals surface area contributed by atoms with Crippen molar-refractivity contribution in [3.8, 4) is 0 Å². The molecular weight excluding hydrogens is 213 g/mol. The van der Waals surface area contributed by atoms with E-state index in [0.717, 1.165) is 5.69 Å². The standard InChI is InChI=1S/C10H14NO3P/c1-9-8-11(15(12,13-2)14-9)10-6-4-3-5-7-10/h3-7,9H,8H2,1-2H3. The molecule has 1 heterocycles. The maximum absolute atomic E-state index is 12.2. The van der Waals surface area contributed by atoms with Crippen molar-refractivity contribution in [1.29, 1.82) is 0 Å². The fourth-order valence-corrected chi connectivity index (χ4v) is 3.41. The summed E-state index contributed by atoms with van der Waals surface area (Å²) in [4.78, 5) is 0. The molecule has 0 N–H and O–H groups in total. The fraction of sp³-hybridized carbons (Fsp3) is 0.400. The summed E-state index contributed by atoms with van der Waals surface area (Å²) in [6.45, 7) is 2.48. The Hall–Kier alpha value is -0.830. The SMILES string of the molecule is COP1(=O)OC(C)CN1c1ccccc1. The molecule has 0 amide bonds. The minimum Gasteiger partial charge on any atom is -0.296 e. The van der Waals surface area contributed by atoms with Crippen molar-refractivity contribution >= 4 is 13.4 Å². The van der Waals surface area contributed by atoms with E-state index >= 15 is 0 Å². The van der Waals surface area contributed by atoms with Gasteiger partial charge in [0.2, 0.25) is 0 Å². The van der Waals surface area contributed by atoms with Crippen LogP contribution in [0.2, 0.25) is 0 Å². The Morgan fingerprint density at radius 2 is 2.13 bits per heavy atom. The van der Waals surface area contributed by atoms with Gasteiger partial charge in [-0.05, 0) is 19.1 Å². The highest BCUT2D eigenvalue weighted by Gasteiger charge is 2.42. The molecule has 5 heteroatoms. The molecule has 82 valence electrons. The molecule has 2 unspecified atom stereocenters. The monoisotopic (exact) mass is 227 g/mol. The van der Waals surface area contributed by atoms with Gasteiger partial charge in [-0.1, -0.05) is 18.2 Å².